The molecule has 1 heterocycles. The van der Waals surface area contributed by atoms with Crippen LogP contribution in [0.2, 0.25) is 0 Å². The van der Waals surface area contributed by atoms with E-state index in [4.69, 9.17) is 0 Å². The number of rotatable bonds is 7. The van der Waals surface area contributed by atoms with Gasteiger partial charge >= 0.3 is 0 Å². The van der Waals surface area contributed by atoms with Crippen LogP contribution in [0.15, 0.2) is 24.3 Å². The lowest BCUT2D eigenvalue weighted by molar-refractivity contribution is -0.118. The standard InChI is InChI=1S/C15H19NOS/c1-2-3-4-5-8-12(17)11-15-16-13-9-6-7-10-14(13)18-15/h6-7,9-10H,2-5,8,11H2,1H3. The van der Waals surface area contributed by atoms with E-state index in [0.29, 0.717) is 18.6 Å². The highest BCUT2D eigenvalue weighted by Crippen LogP contribution is 2.22. The molecule has 96 valence electrons. The van der Waals surface area contributed by atoms with Crippen LogP contribution >= 0.6 is 11.3 Å². The Hall–Kier alpha value is -1.22. The second kappa shape index (κ2) is 6.64. The van der Waals surface area contributed by atoms with E-state index >= 15 is 0 Å². The molecule has 0 saturated carbocycles. The molecule has 3 heteroatoms. The highest BCUT2D eigenvalue weighted by atomic mass is 32.1. The molecule has 0 radical (unpaired) electrons. The van der Waals surface area contributed by atoms with Crippen LogP contribution in [0, 0.1) is 0 Å². The Balaban J connectivity index is 1.86. The predicted molar refractivity (Wildman–Crippen MR) is 77.1 cm³/mol. The SMILES string of the molecule is CCCCCCC(=O)Cc1nc2ccccc2s1. The van der Waals surface area contributed by atoms with Gasteiger partial charge in [-0.05, 0) is 18.6 Å². The molecule has 1 aromatic heterocycles. The van der Waals surface area contributed by atoms with E-state index in [0.717, 1.165) is 16.9 Å². The maximum absolute atomic E-state index is 11.8. The first-order valence-corrected chi connectivity index (χ1v) is 7.47. The molecule has 0 spiro atoms. The van der Waals surface area contributed by atoms with Crippen molar-refractivity contribution in [2.75, 3.05) is 0 Å². The first kappa shape index (κ1) is 13.2. The molecule has 0 saturated heterocycles. The molecule has 0 bridgehead atoms. The summed E-state index contributed by atoms with van der Waals surface area (Å²) in [4.78, 5) is 16.3. The van der Waals surface area contributed by atoms with Gasteiger partial charge in [0, 0.05) is 6.42 Å². The van der Waals surface area contributed by atoms with Gasteiger partial charge in [0.15, 0.2) is 0 Å². The molecule has 18 heavy (non-hydrogen) atoms. The highest BCUT2D eigenvalue weighted by molar-refractivity contribution is 7.18. The molecule has 0 atom stereocenters. The number of carbonyl (C=O) groups is 1. The molecular weight excluding hydrogens is 242 g/mol. The molecule has 0 aliphatic heterocycles. The van der Waals surface area contributed by atoms with Crippen molar-refractivity contribution in [2.45, 2.75) is 45.4 Å². The Kier molecular flexibility index (Phi) is 4.88. The first-order chi connectivity index (χ1) is 8.79. The molecule has 2 nitrogen and oxygen atoms in total. The topological polar surface area (TPSA) is 30.0 Å². The minimum Gasteiger partial charge on any atom is -0.299 e. The van der Waals surface area contributed by atoms with Gasteiger partial charge in [-0.3, -0.25) is 4.79 Å². The third kappa shape index (κ3) is 3.64. The van der Waals surface area contributed by atoms with Crippen molar-refractivity contribution >= 4 is 27.3 Å². The molecule has 0 N–H and O–H groups in total. The average Bonchev–Trinajstić information content (AvgIpc) is 2.76. The maximum Gasteiger partial charge on any atom is 0.139 e. The number of carbonyl (C=O) groups excluding carboxylic acids is 1. The van der Waals surface area contributed by atoms with Crippen molar-refractivity contribution in [3.05, 3.63) is 29.3 Å². The predicted octanol–water partition coefficient (Wildman–Crippen LogP) is 4.38. The van der Waals surface area contributed by atoms with Crippen LogP contribution in [0.25, 0.3) is 10.2 Å². The minimum absolute atomic E-state index is 0.324. The lowest BCUT2D eigenvalue weighted by Crippen LogP contribution is -2.01. The van der Waals surface area contributed by atoms with E-state index in [2.05, 4.69) is 18.0 Å². The normalized spacial score (nSPS) is 10.9. The zero-order valence-corrected chi connectivity index (χ0v) is 11.6. The van der Waals surface area contributed by atoms with Crippen LogP contribution in [0.1, 0.15) is 44.0 Å². The summed E-state index contributed by atoms with van der Waals surface area (Å²) in [6, 6.07) is 8.05. The van der Waals surface area contributed by atoms with Gasteiger partial charge < -0.3 is 0 Å². The largest absolute Gasteiger partial charge is 0.299 e. The summed E-state index contributed by atoms with van der Waals surface area (Å²) in [5.41, 5.74) is 1.01. The quantitative estimate of drug-likeness (QED) is 0.692. The van der Waals surface area contributed by atoms with Crippen LogP contribution in [0.5, 0.6) is 0 Å². The first-order valence-electron chi connectivity index (χ1n) is 6.65. The van der Waals surface area contributed by atoms with Gasteiger partial charge in [0.2, 0.25) is 0 Å². The van der Waals surface area contributed by atoms with E-state index in [1.165, 1.54) is 24.0 Å². The molecule has 2 aromatic rings. The number of hydrogen-bond acceptors (Lipinski definition) is 3. The molecule has 2 rings (SSSR count). The fourth-order valence-corrected chi connectivity index (χ4v) is 3.00. The molecule has 0 amide bonds. The Labute approximate surface area is 112 Å². The number of aromatic nitrogens is 1. The number of nitrogens with zero attached hydrogens (tertiary/aromatic N) is 1. The molecule has 0 aliphatic carbocycles. The number of unbranched alkanes of at least 4 members (excludes halogenated alkanes) is 3. The maximum atomic E-state index is 11.8. The fraction of sp³-hybridized carbons (Fsp3) is 0.467. The smallest absolute Gasteiger partial charge is 0.139 e. The van der Waals surface area contributed by atoms with E-state index in [9.17, 15) is 4.79 Å². The average molecular weight is 261 g/mol. The van der Waals surface area contributed by atoms with Crippen LogP contribution in [0.4, 0.5) is 0 Å². The van der Waals surface area contributed by atoms with Crippen LogP contribution in [-0.2, 0) is 11.2 Å². The summed E-state index contributed by atoms with van der Waals surface area (Å²) < 4.78 is 1.17. The molecular formula is C15H19NOS. The van der Waals surface area contributed by atoms with Crippen molar-refractivity contribution in [1.29, 1.82) is 0 Å². The summed E-state index contributed by atoms with van der Waals surface area (Å²) >= 11 is 1.64. The molecule has 0 fully saturated rings. The number of fused-ring (bicyclic) bond motifs is 1. The Morgan fingerprint density at radius 1 is 1.22 bits per heavy atom. The van der Waals surface area contributed by atoms with Gasteiger partial charge in [0.25, 0.3) is 0 Å². The number of para-hydroxylation sites is 1. The van der Waals surface area contributed by atoms with Gasteiger partial charge in [-0.1, -0.05) is 38.3 Å². The second-order valence-electron chi connectivity index (χ2n) is 4.60. The van der Waals surface area contributed by atoms with Crippen LogP contribution < -0.4 is 0 Å². The number of Topliss-reactive ketones (excluding diaryl/α,β-unsaturated/α-hetero) is 1. The van der Waals surface area contributed by atoms with Gasteiger partial charge in [-0.2, -0.15) is 0 Å². The molecule has 0 unspecified atom stereocenters. The Bertz CT molecular complexity index is 485. The van der Waals surface area contributed by atoms with Gasteiger partial charge in [-0.15, -0.1) is 11.3 Å². The zero-order valence-electron chi connectivity index (χ0n) is 10.8. The van der Waals surface area contributed by atoms with Crippen molar-refractivity contribution < 1.29 is 4.79 Å². The summed E-state index contributed by atoms with van der Waals surface area (Å²) in [5, 5.41) is 0.955. The monoisotopic (exact) mass is 261 g/mol. The summed E-state index contributed by atoms with van der Waals surface area (Å²) in [6.45, 7) is 2.18. The highest BCUT2D eigenvalue weighted by Gasteiger charge is 2.08. The second-order valence-corrected chi connectivity index (χ2v) is 5.72. The number of ketones is 1. The summed E-state index contributed by atoms with van der Waals surface area (Å²) in [6.07, 6.45) is 5.85. The van der Waals surface area contributed by atoms with Crippen molar-refractivity contribution in [2.24, 2.45) is 0 Å². The van der Waals surface area contributed by atoms with Gasteiger partial charge in [0.05, 0.1) is 16.6 Å². The van der Waals surface area contributed by atoms with Crippen molar-refractivity contribution in [1.82, 2.24) is 4.98 Å². The third-order valence-corrected chi connectivity index (χ3v) is 4.03. The molecule has 1 aromatic carbocycles. The Morgan fingerprint density at radius 3 is 2.83 bits per heavy atom. The lowest BCUT2D eigenvalue weighted by atomic mass is 10.1. The zero-order chi connectivity index (χ0) is 12.8. The Morgan fingerprint density at radius 2 is 2.06 bits per heavy atom. The van der Waals surface area contributed by atoms with Crippen molar-refractivity contribution in [3.8, 4) is 0 Å². The van der Waals surface area contributed by atoms with Crippen molar-refractivity contribution in [3.63, 3.8) is 0 Å². The number of benzene rings is 1. The van der Waals surface area contributed by atoms with E-state index in [1.807, 2.05) is 18.2 Å². The number of thiazole rings is 1. The summed E-state index contributed by atoms with van der Waals surface area (Å²) in [7, 11) is 0. The number of hydrogen-bond donors (Lipinski definition) is 0. The molecule has 0 aliphatic rings. The summed E-state index contributed by atoms with van der Waals surface area (Å²) in [5.74, 6) is 0.324. The fourth-order valence-electron chi connectivity index (χ4n) is 2.00. The van der Waals surface area contributed by atoms with Crippen LogP contribution in [0.3, 0.4) is 0 Å². The van der Waals surface area contributed by atoms with Gasteiger partial charge in [0.1, 0.15) is 10.8 Å². The minimum atomic E-state index is 0.324. The lowest BCUT2D eigenvalue weighted by Gasteiger charge is -1.98. The van der Waals surface area contributed by atoms with Crippen LogP contribution in [-0.4, -0.2) is 10.8 Å². The van der Waals surface area contributed by atoms with E-state index in [1.54, 1.807) is 11.3 Å². The van der Waals surface area contributed by atoms with E-state index in [-0.39, 0.29) is 0 Å². The third-order valence-electron chi connectivity index (χ3n) is 3.00. The van der Waals surface area contributed by atoms with E-state index < -0.39 is 0 Å². The van der Waals surface area contributed by atoms with Gasteiger partial charge in [-0.25, -0.2) is 4.98 Å².